The van der Waals surface area contributed by atoms with Gasteiger partial charge in [-0.05, 0) is 12.5 Å². The first-order valence-corrected chi connectivity index (χ1v) is 6.29. The van der Waals surface area contributed by atoms with Gasteiger partial charge in [-0.1, -0.05) is 30.3 Å². The lowest BCUT2D eigenvalue weighted by Crippen LogP contribution is -2.46. The van der Waals surface area contributed by atoms with Crippen LogP contribution in [0.25, 0.3) is 0 Å². The van der Waals surface area contributed by atoms with Crippen molar-refractivity contribution in [3.05, 3.63) is 35.9 Å². The van der Waals surface area contributed by atoms with Crippen LogP contribution in [0.1, 0.15) is 12.5 Å². The van der Waals surface area contributed by atoms with E-state index in [4.69, 9.17) is 16.3 Å². The number of nitrogens with zero attached hydrogens (tertiary/aromatic N) is 1. The largest absolute Gasteiger partial charge is 0.371 e. The van der Waals surface area contributed by atoms with Crippen LogP contribution in [0.4, 0.5) is 0 Å². The third-order valence-electron chi connectivity index (χ3n) is 2.82. The number of rotatable bonds is 3. The molecule has 1 aliphatic rings. The molecule has 0 radical (unpaired) electrons. The number of halogens is 1. The molecule has 16 heavy (non-hydrogen) atoms. The van der Waals surface area contributed by atoms with Crippen molar-refractivity contribution < 1.29 is 4.74 Å². The Hall–Kier alpha value is -0.570. The maximum Gasteiger partial charge on any atom is 0.0841 e. The molecule has 0 N–H and O–H groups in total. The van der Waals surface area contributed by atoms with Crippen LogP contribution in [0.3, 0.4) is 0 Å². The van der Waals surface area contributed by atoms with E-state index >= 15 is 0 Å². The van der Waals surface area contributed by atoms with Crippen LogP contribution in [0.5, 0.6) is 0 Å². The molecule has 2 nitrogen and oxygen atoms in total. The van der Waals surface area contributed by atoms with Crippen molar-refractivity contribution in [3.63, 3.8) is 0 Å². The fraction of sp³-hybridized carbons (Fsp3) is 0.538. The monoisotopic (exact) mass is 239 g/mol. The molecule has 3 heteroatoms. The van der Waals surface area contributed by atoms with Gasteiger partial charge in [0.25, 0.3) is 0 Å². The second kappa shape index (κ2) is 5.67. The highest BCUT2D eigenvalue weighted by Gasteiger charge is 2.24. The average Bonchev–Trinajstić information content (AvgIpc) is 2.29. The Morgan fingerprint density at radius 3 is 2.75 bits per heavy atom. The molecule has 1 heterocycles. The highest BCUT2D eigenvalue weighted by Crippen LogP contribution is 2.15. The number of hydrogen-bond donors (Lipinski definition) is 0. The van der Waals surface area contributed by atoms with E-state index in [9.17, 15) is 0 Å². The zero-order chi connectivity index (χ0) is 11.4. The van der Waals surface area contributed by atoms with Gasteiger partial charge in [0.15, 0.2) is 0 Å². The van der Waals surface area contributed by atoms with Gasteiger partial charge in [0.1, 0.15) is 0 Å². The van der Waals surface area contributed by atoms with Gasteiger partial charge in [-0.3, -0.25) is 4.90 Å². The minimum atomic E-state index is 0.175. The van der Waals surface area contributed by atoms with E-state index in [-0.39, 0.29) is 12.2 Å². The molecule has 0 aliphatic carbocycles. The Kier molecular flexibility index (Phi) is 4.22. The lowest BCUT2D eigenvalue weighted by atomic mass is 10.1. The van der Waals surface area contributed by atoms with Crippen LogP contribution in [-0.2, 0) is 11.3 Å². The van der Waals surface area contributed by atoms with Crippen LogP contribution in [0.2, 0.25) is 0 Å². The highest BCUT2D eigenvalue weighted by molar-refractivity contribution is 6.18. The third kappa shape index (κ3) is 3.21. The van der Waals surface area contributed by atoms with Crippen molar-refractivity contribution in [1.29, 1.82) is 0 Å². The maximum absolute atomic E-state index is 5.86. The molecular weight excluding hydrogens is 222 g/mol. The molecule has 2 atom stereocenters. The number of morpholine rings is 1. The van der Waals surface area contributed by atoms with Crippen molar-refractivity contribution in [2.24, 2.45) is 0 Å². The van der Waals surface area contributed by atoms with Crippen LogP contribution in [-0.4, -0.2) is 36.1 Å². The van der Waals surface area contributed by atoms with Gasteiger partial charge in [-0.15, -0.1) is 11.6 Å². The molecule has 0 amide bonds. The first kappa shape index (κ1) is 11.9. The lowest BCUT2D eigenvalue weighted by molar-refractivity contribution is -0.0688. The Labute approximate surface area is 102 Å². The van der Waals surface area contributed by atoms with Gasteiger partial charge in [0.05, 0.1) is 12.2 Å². The van der Waals surface area contributed by atoms with E-state index in [0.717, 1.165) is 19.6 Å². The fourth-order valence-electron chi connectivity index (χ4n) is 2.20. The van der Waals surface area contributed by atoms with Crippen molar-refractivity contribution in [2.75, 3.05) is 19.0 Å². The smallest absolute Gasteiger partial charge is 0.0841 e. The number of hydrogen-bond acceptors (Lipinski definition) is 2. The van der Waals surface area contributed by atoms with Gasteiger partial charge in [-0.2, -0.15) is 0 Å². The Bertz CT molecular complexity index is 317. The van der Waals surface area contributed by atoms with Crippen molar-refractivity contribution >= 4 is 11.6 Å². The summed E-state index contributed by atoms with van der Waals surface area (Å²) in [7, 11) is 0. The van der Waals surface area contributed by atoms with Gasteiger partial charge in [-0.25, -0.2) is 0 Å². The molecule has 0 bridgehead atoms. The van der Waals surface area contributed by atoms with Gasteiger partial charge < -0.3 is 4.74 Å². The molecular formula is C13H18ClNO. The van der Waals surface area contributed by atoms with Crippen LogP contribution in [0.15, 0.2) is 30.3 Å². The summed E-state index contributed by atoms with van der Waals surface area (Å²) in [4.78, 5) is 2.41. The maximum atomic E-state index is 5.86. The molecule has 1 fully saturated rings. The molecule has 1 unspecified atom stereocenters. The molecule has 0 aromatic heterocycles. The minimum absolute atomic E-state index is 0.175. The fourth-order valence-corrected chi connectivity index (χ4v) is 2.37. The topological polar surface area (TPSA) is 12.5 Å². The Morgan fingerprint density at radius 2 is 2.06 bits per heavy atom. The van der Waals surface area contributed by atoms with Gasteiger partial charge in [0, 0.05) is 25.5 Å². The molecule has 2 rings (SSSR count). The first-order valence-electron chi connectivity index (χ1n) is 5.75. The number of benzene rings is 1. The van der Waals surface area contributed by atoms with Crippen molar-refractivity contribution in [2.45, 2.75) is 25.7 Å². The molecule has 1 saturated heterocycles. The summed E-state index contributed by atoms with van der Waals surface area (Å²) in [5.41, 5.74) is 1.35. The Balaban J connectivity index is 1.94. The van der Waals surface area contributed by atoms with E-state index in [1.807, 2.05) is 6.07 Å². The molecule has 1 aromatic carbocycles. The van der Waals surface area contributed by atoms with E-state index in [1.165, 1.54) is 5.56 Å². The molecule has 88 valence electrons. The summed E-state index contributed by atoms with van der Waals surface area (Å²) in [5, 5.41) is 0. The SMILES string of the molecule is CC1CN(Cc2ccccc2)C[C@H](CCl)O1. The molecule has 1 aromatic rings. The summed E-state index contributed by atoms with van der Waals surface area (Å²) in [6, 6.07) is 10.5. The highest BCUT2D eigenvalue weighted by atomic mass is 35.5. The molecule has 0 spiro atoms. The predicted octanol–water partition coefficient (Wildman–Crippen LogP) is 2.51. The average molecular weight is 240 g/mol. The zero-order valence-electron chi connectivity index (χ0n) is 9.60. The van der Waals surface area contributed by atoms with E-state index in [2.05, 4.69) is 36.1 Å². The van der Waals surface area contributed by atoms with Gasteiger partial charge in [0.2, 0.25) is 0 Å². The number of alkyl halides is 1. The first-order chi connectivity index (χ1) is 7.78. The normalized spacial score (nSPS) is 26.9. The van der Waals surface area contributed by atoms with E-state index in [1.54, 1.807) is 0 Å². The summed E-state index contributed by atoms with van der Waals surface area (Å²) in [6.07, 6.45) is 0.454. The molecule has 1 aliphatic heterocycles. The van der Waals surface area contributed by atoms with Crippen LogP contribution >= 0.6 is 11.6 Å². The van der Waals surface area contributed by atoms with Crippen LogP contribution < -0.4 is 0 Å². The van der Waals surface area contributed by atoms with E-state index < -0.39 is 0 Å². The zero-order valence-corrected chi connectivity index (χ0v) is 10.4. The summed E-state index contributed by atoms with van der Waals surface area (Å²) in [5.74, 6) is 0.579. The minimum Gasteiger partial charge on any atom is -0.371 e. The molecule has 0 saturated carbocycles. The quantitative estimate of drug-likeness (QED) is 0.752. The predicted molar refractivity (Wildman–Crippen MR) is 66.8 cm³/mol. The number of ether oxygens (including phenoxy) is 1. The van der Waals surface area contributed by atoms with Crippen LogP contribution in [0, 0.1) is 0 Å². The van der Waals surface area contributed by atoms with Gasteiger partial charge >= 0.3 is 0 Å². The summed E-state index contributed by atoms with van der Waals surface area (Å²) < 4.78 is 5.73. The van der Waals surface area contributed by atoms with Crippen molar-refractivity contribution in [1.82, 2.24) is 4.90 Å². The Morgan fingerprint density at radius 1 is 1.31 bits per heavy atom. The van der Waals surface area contributed by atoms with Crippen molar-refractivity contribution in [3.8, 4) is 0 Å². The third-order valence-corrected chi connectivity index (χ3v) is 3.17. The summed E-state index contributed by atoms with van der Waals surface area (Å²) in [6.45, 7) is 5.02. The lowest BCUT2D eigenvalue weighted by Gasteiger charge is -2.36. The van der Waals surface area contributed by atoms with E-state index in [0.29, 0.717) is 5.88 Å². The standard InChI is InChI=1S/C13H18ClNO/c1-11-8-15(10-13(7-14)16-11)9-12-5-3-2-4-6-12/h2-6,11,13H,7-10H2,1H3/t11?,13-/m0/s1. The second-order valence-corrected chi connectivity index (χ2v) is 4.71. The summed E-state index contributed by atoms with van der Waals surface area (Å²) >= 11 is 5.86. The second-order valence-electron chi connectivity index (χ2n) is 4.40.